The van der Waals surface area contributed by atoms with E-state index in [9.17, 15) is 15.0 Å². The molecular formula is C22H29NO4. The molecule has 6 unspecified atom stereocenters. The number of allylic oxidation sites excluding steroid dienone is 1. The molecule has 5 heteroatoms. The Kier molecular flexibility index (Phi) is 3.41. The third kappa shape index (κ3) is 1.72. The van der Waals surface area contributed by atoms with Crippen molar-refractivity contribution in [1.29, 1.82) is 0 Å². The summed E-state index contributed by atoms with van der Waals surface area (Å²) < 4.78 is 5.69. The summed E-state index contributed by atoms with van der Waals surface area (Å²) in [6.07, 6.45) is 5.92. The predicted octanol–water partition coefficient (Wildman–Crippen LogP) is 3.26. The maximum Gasteiger partial charge on any atom is 0.334 e. The summed E-state index contributed by atoms with van der Waals surface area (Å²) >= 11 is 0. The molecule has 4 aliphatic carbocycles. The molecule has 5 rings (SSSR count). The second-order valence-corrected chi connectivity index (χ2v) is 9.41. The summed E-state index contributed by atoms with van der Waals surface area (Å²) in [6.45, 7) is 7.01. The van der Waals surface area contributed by atoms with Gasteiger partial charge in [0, 0.05) is 29.8 Å². The molecule has 0 aromatic carbocycles. The van der Waals surface area contributed by atoms with Crippen LogP contribution < -0.4 is 0 Å². The summed E-state index contributed by atoms with van der Waals surface area (Å²) in [5.74, 6) is -0.406. The normalized spacial score (nSPS) is 44.4. The number of aromatic amines is 1. The summed E-state index contributed by atoms with van der Waals surface area (Å²) in [5, 5.41) is 22.2. The fourth-order valence-electron chi connectivity index (χ4n) is 7.89. The first kappa shape index (κ1) is 17.5. The van der Waals surface area contributed by atoms with E-state index in [-0.39, 0.29) is 28.9 Å². The molecule has 6 atom stereocenters. The van der Waals surface area contributed by atoms with E-state index in [4.69, 9.17) is 4.74 Å². The van der Waals surface area contributed by atoms with E-state index >= 15 is 0 Å². The Morgan fingerprint density at radius 1 is 1.41 bits per heavy atom. The molecule has 4 aliphatic rings. The number of ether oxygens (including phenoxy) is 1. The van der Waals surface area contributed by atoms with Crippen LogP contribution in [0.5, 0.6) is 0 Å². The molecule has 3 N–H and O–H groups in total. The maximum atomic E-state index is 12.5. The van der Waals surface area contributed by atoms with E-state index in [1.807, 2.05) is 13.1 Å². The van der Waals surface area contributed by atoms with Crippen LogP contribution in [0.3, 0.4) is 0 Å². The Morgan fingerprint density at radius 2 is 2.19 bits per heavy atom. The molecule has 5 nitrogen and oxygen atoms in total. The highest BCUT2D eigenvalue weighted by Crippen LogP contribution is 2.80. The number of H-pyrrole nitrogens is 1. The van der Waals surface area contributed by atoms with Crippen molar-refractivity contribution >= 4 is 5.97 Å². The van der Waals surface area contributed by atoms with Crippen molar-refractivity contribution in [2.24, 2.45) is 22.7 Å². The number of carbonyl (C=O) groups is 1. The summed E-state index contributed by atoms with van der Waals surface area (Å²) in [4.78, 5) is 15.9. The molecule has 0 amide bonds. The smallest absolute Gasteiger partial charge is 0.334 e. The zero-order valence-electron chi connectivity index (χ0n) is 16.3. The minimum absolute atomic E-state index is 0.0279. The van der Waals surface area contributed by atoms with Crippen molar-refractivity contribution in [2.45, 2.75) is 58.0 Å². The number of carboxylic acids is 1. The van der Waals surface area contributed by atoms with Gasteiger partial charge in [-0.25, -0.2) is 4.79 Å². The molecule has 1 aromatic heterocycles. The highest BCUT2D eigenvalue weighted by molar-refractivity contribution is 5.93. The first-order valence-electron chi connectivity index (χ1n) is 10.3. The van der Waals surface area contributed by atoms with Crippen molar-refractivity contribution in [2.75, 3.05) is 13.2 Å². The van der Waals surface area contributed by atoms with Crippen LogP contribution in [0, 0.1) is 22.7 Å². The number of carboxylic acid groups (broad SMARTS) is 1. The molecule has 1 spiro atoms. The van der Waals surface area contributed by atoms with Gasteiger partial charge in [0.25, 0.3) is 0 Å². The minimum Gasteiger partial charge on any atom is -0.478 e. The Bertz CT molecular complexity index is 856. The van der Waals surface area contributed by atoms with Gasteiger partial charge < -0.3 is 19.9 Å². The number of aliphatic carboxylic acids is 1. The lowest BCUT2D eigenvalue weighted by Gasteiger charge is -2.60. The first-order valence-corrected chi connectivity index (χ1v) is 10.3. The van der Waals surface area contributed by atoms with E-state index in [1.54, 1.807) is 0 Å². The van der Waals surface area contributed by atoms with Gasteiger partial charge in [0.1, 0.15) is 5.60 Å². The molecule has 1 aromatic rings. The number of aliphatic hydroxyl groups is 1. The average Bonchev–Trinajstić information content (AvgIpc) is 3.18. The molecule has 2 saturated carbocycles. The monoisotopic (exact) mass is 371 g/mol. The van der Waals surface area contributed by atoms with Crippen molar-refractivity contribution in [1.82, 2.24) is 4.98 Å². The quantitative estimate of drug-likeness (QED) is 0.759. The number of rotatable bonds is 4. The van der Waals surface area contributed by atoms with Crippen LogP contribution in [0.25, 0.3) is 0 Å². The number of hydrogen-bond acceptors (Lipinski definition) is 3. The zero-order chi connectivity index (χ0) is 19.2. The number of hydrogen-bond donors (Lipinski definition) is 3. The van der Waals surface area contributed by atoms with Crippen LogP contribution in [0.2, 0.25) is 0 Å². The lowest BCUT2D eigenvalue weighted by Crippen LogP contribution is -2.58. The van der Waals surface area contributed by atoms with Crippen molar-refractivity contribution in [3.05, 3.63) is 34.7 Å². The highest BCUT2D eigenvalue weighted by atomic mass is 16.5. The molecule has 146 valence electrons. The third-order valence-corrected chi connectivity index (χ3v) is 8.65. The second kappa shape index (κ2) is 5.26. The highest BCUT2D eigenvalue weighted by Gasteiger charge is 2.77. The van der Waals surface area contributed by atoms with E-state index < -0.39 is 11.6 Å². The summed E-state index contributed by atoms with van der Waals surface area (Å²) in [5.41, 5.74) is 1.72. The van der Waals surface area contributed by atoms with Gasteiger partial charge in [-0.05, 0) is 67.1 Å². The summed E-state index contributed by atoms with van der Waals surface area (Å²) in [7, 11) is 0. The Balaban J connectivity index is 1.86. The van der Waals surface area contributed by atoms with Gasteiger partial charge in [0.15, 0.2) is 0 Å². The lowest BCUT2D eigenvalue weighted by atomic mass is 9.43. The van der Waals surface area contributed by atoms with Gasteiger partial charge in [0.2, 0.25) is 0 Å². The molecule has 2 bridgehead atoms. The number of aromatic nitrogens is 1. The van der Waals surface area contributed by atoms with E-state index in [0.29, 0.717) is 18.4 Å². The van der Waals surface area contributed by atoms with E-state index in [2.05, 4.69) is 24.9 Å². The average molecular weight is 371 g/mol. The Hall–Kier alpha value is -1.59. The van der Waals surface area contributed by atoms with Gasteiger partial charge in [0.05, 0.1) is 12.2 Å². The predicted molar refractivity (Wildman–Crippen MR) is 100 cm³/mol. The van der Waals surface area contributed by atoms with Crippen molar-refractivity contribution in [3.8, 4) is 0 Å². The van der Waals surface area contributed by atoms with Gasteiger partial charge in [-0.15, -0.1) is 0 Å². The van der Waals surface area contributed by atoms with Gasteiger partial charge >= 0.3 is 5.97 Å². The molecule has 0 aliphatic heterocycles. The van der Waals surface area contributed by atoms with E-state index in [0.717, 1.165) is 36.8 Å². The molecule has 0 radical (unpaired) electrons. The van der Waals surface area contributed by atoms with Crippen LogP contribution in [0.1, 0.15) is 57.2 Å². The van der Waals surface area contributed by atoms with Crippen molar-refractivity contribution < 1.29 is 19.7 Å². The van der Waals surface area contributed by atoms with Crippen LogP contribution in [0.15, 0.2) is 23.4 Å². The van der Waals surface area contributed by atoms with Crippen molar-refractivity contribution in [3.63, 3.8) is 0 Å². The molecule has 1 heterocycles. The lowest BCUT2D eigenvalue weighted by molar-refractivity contribution is -0.140. The van der Waals surface area contributed by atoms with Gasteiger partial charge in [-0.1, -0.05) is 13.8 Å². The summed E-state index contributed by atoms with van der Waals surface area (Å²) in [6, 6.07) is 2.06. The van der Waals surface area contributed by atoms with E-state index in [1.165, 1.54) is 5.69 Å². The van der Waals surface area contributed by atoms with Gasteiger partial charge in [-0.3, -0.25) is 0 Å². The minimum atomic E-state index is -1.48. The maximum absolute atomic E-state index is 12.5. The third-order valence-electron chi connectivity index (χ3n) is 8.65. The molecular weight excluding hydrogens is 342 g/mol. The van der Waals surface area contributed by atoms with Crippen LogP contribution in [-0.4, -0.2) is 40.0 Å². The fourth-order valence-corrected chi connectivity index (χ4v) is 7.89. The topological polar surface area (TPSA) is 82.6 Å². The first-order chi connectivity index (χ1) is 12.8. The standard InChI is InChI=1S/C22H29NO4/c1-4-27-11-21(26)17(19(24)25)15-9-13-6-5-12(2)22(15)18(21)14-7-8-23-16(14)10-20(13,22)3/h7-8,12-13,18,23,26H,4-6,9-11H2,1-3H3,(H,24,25). The van der Waals surface area contributed by atoms with Crippen LogP contribution in [-0.2, 0) is 16.0 Å². The number of nitrogens with one attached hydrogen (secondary N) is 1. The SMILES string of the molecule is CCOCC1(O)C(C(=O)O)=C2CC3CCC(C)C24C1c1cc[nH]c1CC34C. The van der Waals surface area contributed by atoms with Gasteiger partial charge in [-0.2, -0.15) is 0 Å². The second-order valence-electron chi connectivity index (χ2n) is 9.41. The fraction of sp³-hybridized carbons (Fsp3) is 0.682. The largest absolute Gasteiger partial charge is 0.478 e. The zero-order valence-corrected chi connectivity index (χ0v) is 16.3. The van der Waals surface area contributed by atoms with Crippen LogP contribution >= 0.6 is 0 Å². The molecule has 27 heavy (non-hydrogen) atoms. The Morgan fingerprint density at radius 3 is 2.89 bits per heavy atom. The molecule has 2 fully saturated rings. The molecule has 0 saturated heterocycles. The Labute approximate surface area is 159 Å². The van der Waals surface area contributed by atoms with Crippen LogP contribution in [0.4, 0.5) is 0 Å². The number of fused-ring (bicyclic) bond motifs is 2.